The van der Waals surface area contributed by atoms with Gasteiger partial charge in [-0.05, 0) is 19.8 Å². The standard InChI is InChI=1S/C13H22O/c1-3-4-5-6-7-8-12-10-13(14)9-11(12)2/h3-10H2,1-2H3. The molecular formula is C13H22O. The average Bonchev–Trinajstić information content (AvgIpc) is 2.45. The van der Waals surface area contributed by atoms with Crippen molar-refractivity contribution in [3.63, 3.8) is 0 Å². The lowest BCUT2D eigenvalue weighted by atomic mass is 10.0. The van der Waals surface area contributed by atoms with E-state index in [0.717, 1.165) is 12.8 Å². The van der Waals surface area contributed by atoms with Gasteiger partial charge in [-0.2, -0.15) is 0 Å². The molecule has 0 aromatic carbocycles. The monoisotopic (exact) mass is 194 g/mol. The van der Waals surface area contributed by atoms with E-state index in [1.54, 1.807) is 0 Å². The van der Waals surface area contributed by atoms with Crippen molar-refractivity contribution in [1.82, 2.24) is 0 Å². The molecule has 0 saturated carbocycles. The molecule has 1 nitrogen and oxygen atoms in total. The van der Waals surface area contributed by atoms with Gasteiger partial charge >= 0.3 is 0 Å². The summed E-state index contributed by atoms with van der Waals surface area (Å²) in [5, 5.41) is 0. The molecule has 0 spiro atoms. The Hall–Kier alpha value is -0.590. The molecule has 0 unspecified atom stereocenters. The van der Waals surface area contributed by atoms with E-state index in [2.05, 4.69) is 13.8 Å². The Kier molecular flexibility index (Phi) is 4.92. The van der Waals surface area contributed by atoms with Crippen LogP contribution in [0.5, 0.6) is 0 Å². The smallest absolute Gasteiger partial charge is 0.140 e. The molecule has 0 saturated heterocycles. The average molecular weight is 194 g/mol. The molecule has 1 heteroatoms. The molecule has 0 bridgehead atoms. The van der Waals surface area contributed by atoms with Crippen molar-refractivity contribution in [2.45, 2.75) is 65.2 Å². The van der Waals surface area contributed by atoms with Crippen LogP contribution >= 0.6 is 0 Å². The summed E-state index contributed by atoms with van der Waals surface area (Å²) >= 11 is 0. The van der Waals surface area contributed by atoms with Gasteiger partial charge in [-0.15, -0.1) is 0 Å². The largest absolute Gasteiger partial charge is 0.299 e. The minimum absolute atomic E-state index is 0.422. The van der Waals surface area contributed by atoms with Gasteiger partial charge < -0.3 is 0 Å². The van der Waals surface area contributed by atoms with Gasteiger partial charge in [0.2, 0.25) is 0 Å². The summed E-state index contributed by atoms with van der Waals surface area (Å²) in [4.78, 5) is 11.2. The van der Waals surface area contributed by atoms with Crippen LogP contribution in [0.4, 0.5) is 0 Å². The topological polar surface area (TPSA) is 17.1 Å². The van der Waals surface area contributed by atoms with Crippen LogP contribution in [0.25, 0.3) is 0 Å². The molecule has 14 heavy (non-hydrogen) atoms. The van der Waals surface area contributed by atoms with Gasteiger partial charge in [0.15, 0.2) is 0 Å². The highest BCUT2D eigenvalue weighted by atomic mass is 16.1. The van der Waals surface area contributed by atoms with E-state index in [-0.39, 0.29) is 0 Å². The van der Waals surface area contributed by atoms with Gasteiger partial charge in [-0.3, -0.25) is 4.79 Å². The third-order valence-corrected chi connectivity index (χ3v) is 3.06. The van der Waals surface area contributed by atoms with Crippen LogP contribution in [-0.2, 0) is 4.79 Å². The van der Waals surface area contributed by atoms with Crippen molar-refractivity contribution >= 4 is 5.78 Å². The fourth-order valence-corrected chi connectivity index (χ4v) is 2.12. The summed E-state index contributed by atoms with van der Waals surface area (Å²) < 4.78 is 0. The van der Waals surface area contributed by atoms with E-state index in [0.29, 0.717) is 5.78 Å². The highest BCUT2D eigenvalue weighted by Crippen LogP contribution is 2.27. The number of rotatable bonds is 6. The molecule has 0 aromatic heterocycles. The zero-order valence-electron chi connectivity index (χ0n) is 9.57. The van der Waals surface area contributed by atoms with Crippen molar-refractivity contribution in [2.75, 3.05) is 0 Å². The maximum Gasteiger partial charge on any atom is 0.140 e. The van der Waals surface area contributed by atoms with E-state index in [4.69, 9.17) is 0 Å². The molecule has 0 aromatic rings. The van der Waals surface area contributed by atoms with E-state index >= 15 is 0 Å². The summed E-state index contributed by atoms with van der Waals surface area (Å²) in [5.74, 6) is 0.422. The molecule has 0 amide bonds. The molecule has 0 radical (unpaired) electrons. The number of Topliss-reactive ketones (excluding diaryl/α,β-unsaturated/α-hetero) is 1. The number of unbranched alkanes of at least 4 members (excludes halogenated alkanes) is 4. The van der Waals surface area contributed by atoms with Gasteiger partial charge in [0, 0.05) is 12.8 Å². The van der Waals surface area contributed by atoms with Crippen LogP contribution in [0.3, 0.4) is 0 Å². The Morgan fingerprint density at radius 1 is 1.07 bits per heavy atom. The first-order valence-electron chi connectivity index (χ1n) is 5.93. The van der Waals surface area contributed by atoms with Crippen LogP contribution in [0.2, 0.25) is 0 Å². The molecule has 0 heterocycles. The summed E-state index contributed by atoms with van der Waals surface area (Å²) in [7, 11) is 0. The predicted molar refractivity (Wildman–Crippen MR) is 60.3 cm³/mol. The second-order valence-corrected chi connectivity index (χ2v) is 4.44. The van der Waals surface area contributed by atoms with Gasteiger partial charge in [-0.1, -0.05) is 43.8 Å². The van der Waals surface area contributed by atoms with E-state index in [1.165, 1.54) is 49.7 Å². The minimum atomic E-state index is 0.422. The maximum absolute atomic E-state index is 11.2. The number of ketones is 1. The Morgan fingerprint density at radius 3 is 2.36 bits per heavy atom. The Balaban J connectivity index is 2.12. The van der Waals surface area contributed by atoms with Crippen molar-refractivity contribution in [3.05, 3.63) is 11.1 Å². The number of hydrogen-bond acceptors (Lipinski definition) is 1. The van der Waals surface area contributed by atoms with Crippen molar-refractivity contribution in [1.29, 1.82) is 0 Å². The third-order valence-electron chi connectivity index (χ3n) is 3.06. The quantitative estimate of drug-likeness (QED) is 0.461. The van der Waals surface area contributed by atoms with Crippen molar-refractivity contribution in [3.8, 4) is 0 Å². The Bertz CT molecular complexity index is 225. The summed E-state index contributed by atoms with van der Waals surface area (Å²) in [6.07, 6.45) is 9.28. The van der Waals surface area contributed by atoms with Crippen LogP contribution in [0, 0.1) is 0 Å². The molecule has 0 N–H and O–H groups in total. The fourth-order valence-electron chi connectivity index (χ4n) is 2.12. The van der Waals surface area contributed by atoms with Gasteiger partial charge in [-0.25, -0.2) is 0 Å². The van der Waals surface area contributed by atoms with Crippen LogP contribution in [0.15, 0.2) is 11.1 Å². The Morgan fingerprint density at radius 2 is 1.79 bits per heavy atom. The molecule has 1 aliphatic rings. The highest BCUT2D eigenvalue weighted by molar-refractivity contribution is 5.86. The number of carbonyl (C=O) groups excluding carboxylic acids is 1. The minimum Gasteiger partial charge on any atom is -0.299 e. The zero-order valence-corrected chi connectivity index (χ0v) is 9.57. The van der Waals surface area contributed by atoms with E-state index in [1.807, 2.05) is 0 Å². The lowest BCUT2D eigenvalue weighted by Crippen LogP contribution is -1.88. The lowest BCUT2D eigenvalue weighted by Gasteiger charge is -2.02. The lowest BCUT2D eigenvalue weighted by molar-refractivity contribution is -0.117. The Labute approximate surface area is 87.6 Å². The second-order valence-electron chi connectivity index (χ2n) is 4.44. The number of carbonyl (C=O) groups is 1. The van der Waals surface area contributed by atoms with Crippen LogP contribution < -0.4 is 0 Å². The molecule has 1 rings (SSSR count). The number of hydrogen-bond donors (Lipinski definition) is 0. The molecule has 0 fully saturated rings. The molecule has 1 aliphatic carbocycles. The normalized spacial score (nSPS) is 16.9. The first-order valence-corrected chi connectivity index (χ1v) is 5.93. The predicted octanol–water partition coefficient (Wildman–Crippen LogP) is 4.03. The zero-order chi connectivity index (χ0) is 10.4. The van der Waals surface area contributed by atoms with Crippen molar-refractivity contribution in [2.24, 2.45) is 0 Å². The third kappa shape index (κ3) is 3.65. The molecular weight excluding hydrogens is 172 g/mol. The van der Waals surface area contributed by atoms with Gasteiger partial charge in [0.1, 0.15) is 5.78 Å². The second kappa shape index (κ2) is 6.00. The van der Waals surface area contributed by atoms with Gasteiger partial charge in [0.25, 0.3) is 0 Å². The van der Waals surface area contributed by atoms with Crippen LogP contribution in [-0.4, -0.2) is 5.78 Å². The first kappa shape index (κ1) is 11.5. The maximum atomic E-state index is 11.2. The highest BCUT2D eigenvalue weighted by Gasteiger charge is 2.17. The SMILES string of the molecule is CCCCCCCC1=C(C)CC(=O)C1. The first-order chi connectivity index (χ1) is 6.74. The fraction of sp³-hybridized carbons (Fsp3) is 0.769. The van der Waals surface area contributed by atoms with E-state index < -0.39 is 0 Å². The molecule has 0 atom stereocenters. The van der Waals surface area contributed by atoms with E-state index in [9.17, 15) is 4.79 Å². The molecule has 80 valence electrons. The number of allylic oxidation sites excluding steroid dienone is 2. The van der Waals surface area contributed by atoms with Crippen LogP contribution in [0.1, 0.15) is 65.2 Å². The summed E-state index contributed by atoms with van der Waals surface area (Å²) in [5.41, 5.74) is 2.79. The van der Waals surface area contributed by atoms with Gasteiger partial charge in [0.05, 0.1) is 0 Å². The van der Waals surface area contributed by atoms with Crippen molar-refractivity contribution < 1.29 is 4.79 Å². The summed E-state index contributed by atoms with van der Waals surface area (Å²) in [6.45, 7) is 4.36. The summed E-state index contributed by atoms with van der Waals surface area (Å²) in [6, 6.07) is 0. The molecule has 0 aliphatic heterocycles.